The summed E-state index contributed by atoms with van der Waals surface area (Å²) in [5.41, 5.74) is 7.27. The van der Waals surface area contributed by atoms with Gasteiger partial charge in [0.2, 0.25) is 5.91 Å². The molecule has 0 radical (unpaired) electrons. The van der Waals surface area contributed by atoms with Crippen LogP contribution in [0.4, 0.5) is 5.69 Å². The highest BCUT2D eigenvalue weighted by Gasteiger charge is 2.41. The third kappa shape index (κ3) is 3.05. The van der Waals surface area contributed by atoms with E-state index in [9.17, 15) is 9.59 Å². The van der Waals surface area contributed by atoms with Gasteiger partial charge in [-0.25, -0.2) is 0 Å². The Bertz CT molecular complexity index is 587. The molecule has 1 amide bonds. The number of ketones is 1. The molecule has 5 heteroatoms. The minimum absolute atomic E-state index is 0.0439. The summed E-state index contributed by atoms with van der Waals surface area (Å²) >= 11 is 0. The second kappa shape index (κ2) is 6.18. The van der Waals surface area contributed by atoms with Crippen LogP contribution in [0.3, 0.4) is 0 Å². The number of rotatable bonds is 4. The zero-order chi connectivity index (χ0) is 15.7. The van der Waals surface area contributed by atoms with Gasteiger partial charge < -0.3 is 11.1 Å². The van der Waals surface area contributed by atoms with Crippen LogP contribution in [-0.2, 0) is 4.79 Å². The van der Waals surface area contributed by atoms with E-state index in [1.165, 1.54) is 13.3 Å². The second-order valence-electron chi connectivity index (χ2n) is 6.51. The van der Waals surface area contributed by atoms with E-state index in [-0.39, 0.29) is 17.7 Å². The Hall–Kier alpha value is -1.72. The Morgan fingerprint density at radius 3 is 2.77 bits per heavy atom. The highest BCUT2D eigenvalue weighted by molar-refractivity contribution is 6.04. The summed E-state index contributed by atoms with van der Waals surface area (Å²) in [6.45, 7) is 3.74. The Morgan fingerprint density at radius 1 is 1.27 bits per heavy atom. The maximum absolute atomic E-state index is 12.2. The number of nitrogens with zero attached hydrogens (tertiary/aromatic N) is 1. The van der Waals surface area contributed by atoms with Crippen molar-refractivity contribution in [2.45, 2.75) is 25.8 Å². The molecular weight excluding hydrogens is 278 g/mol. The molecule has 1 aromatic carbocycles. The molecule has 1 saturated carbocycles. The van der Waals surface area contributed by atoms with Crippen molar-refractivity contribution >= 4 is 17.4 Å². The van der Waals surface area contributed by atoms with Gasteiger partial charge in [-0.3, -0.25) is 14.5 Å². The van der Waals surface area contributed by atoms with Gasteiger partial charge in [0.25, 0.3) is 0 Å². The van der Waals surface area contributed by atoms with Gasteiger partial charge in [-0.05, 0) is 43.7 Å². The predicted octanol–water partition coefficient (Wildman–Crippen LogP) is 1.50. The van der Waals surface area contributed by atoms with E-state index >= 15 is 0 Å². The standard InChI is InChI=1S/C17H23N3O2/c1-11(21)13-4-2-3-5-16(13)19-17(22)10-20-8-12-6-7-15(18)14(12)9-20/h2-5,12,14-15H,6-10,18H2,1H3,(H,19,22). The Morgan fingerprint density at radius 2 is 2.05 bits per heavy atom. The zero-order valence-corrected chi connectivity index (χ0v) is 12.9. The number of hydrogen-bond acceptors (Lipinski definition) is 4. The number of para-hydroxylation sites is 1. The smallest absolute Gasteiger partial charge is 0.238 e. The number of carbonyl (C=O) groups is 2. The van der Waals surface area contributed by atoms with Gasteiger partial charge in [0.05, 0.1) is 12.2 Å². The van der Waals surface area contributed by atoms with Crippen molar-refractivity contribution in [1.82, 2.24) is 4.90 Å². The van der Waals surface area contributed by atoms with Crippen molar-refractivity contribution in [3.8, 4) is 0 Å². The van der Waals surface area contributed by atoms with Crippen LogP contribution >= 0.6 is 0 Å². The fraction of sp³-hybridized carbons (Fsp3) is 0.529. The average Bonchev–Trinajstić information content (AvgIpc) is 3.01. The molecule has 1 aliphatic carbocycles. The van der Waals surface area contributed by atoms with Crippen LogP contribution in [-0.4, -0.2) is 42.3 Å². The number of benzene rings is 1. The first-order valence-corrected chi connectivity index (χ1v) is 7.92. The summed E-state index contributed by atoms with van der Waals surface area (Å²) in [5.74, 6) is 1.07. The van der Waals surface area contributed by atoms with Crippen LogP contribution in [0.5, 0.6) is 0 Å². The summed E-state index contributed by atoms with van der Waals surface area (Å²) in [4.78, 5) is 26.0. The normalized spacial score (nSPS) is 27.6. The summed E-state index contributed by atoms with van der Waals surface area (Å²) < 4.78 is 0. The lowest BCUT2D eigenvalue weighted by Gasteiger charge is -2.18. The molecular formula is C17H23N3O2. The minimum Gasteiger partial charge on any atom is -0.327 e. The molecule has 5 nitrogen and oxygen atoms in total. The fourth-order valence-corrected chi connectivity index (χ4v) is 3.82. The number of amides is 1. The average molecular weight is 301 g/mol. The number of nitrogens with one attached hydrogen (secondary N) is 1. The van der Waals surface area contributed by atoms with E-state index in [1.807, 2.05) is 6.07 Å². The number of hydrogen-bond donors (Lipinski definition) is 2. The molecule has 0 aromatic heterocycles. The van der Waals surface area contributed by atoms with Gasteiger partial charge in [0, 0.05) is 24.7 Å². The number of anilines is 1. The quantitative estimate of drug-likeness (QED) is 0.826. The lowest BCUT2D eigenvalue weighted by molar-refractivity contribution is -0.117. The van der Waals surface area contributed by atoms with Crippen LogP contribution in [0.25, 0.3) is 0 Å². The Kier molecular flexibility index (Phi) is 4.27. The third-order valence-electron chi connectivity index (χ3n) is 4.94. The summed E-state index contributed by atoms with van der Waals surface area (Å²) in [6, 6.07) is 7.41. The summed E-state index contributed by atoms with van der Waals surface area (Å²) in [5, 5.41) is 2.86. The summed E-state index contributed by atoms with van der Waals surface area (Å²) in [7, 11) is 0. The van der Waals surface area contributed by atoms with Crippen molar-refractivity contribution in [3.05, 3.63) is 29.8 Å². The first-order valence-electron chi connectivity index (χ1n) is 7.92. The van der Waals surface area contributed by atoms with Gasteiger partial charge in [0.1, 0.15) is 0 Å². The van der Waals surface area contributed by atoms with E-state index in [4.69, 9.17) is 5.73 Å². The first-order chi connectivity index (χ1) is 10.5. The number of fused-ring (bicyclic) bond motifs is 1. The molecule has 3 unspecified atom stereocenters. The topological polar surface area (TPSA) is 75.4 Å². The molecule has 1 saturated heterocycles. The molecule has 1 heterocycles. The maximum atomic E-state index is 12.2. The molecule has 22 heavy (non-hydrogen) atoms. The third-order valence-corrected chi connectivity index (χ3v) is 4.94. The van der Waals surface area contributed by atoms with Crippen molar-refractivity contribution in [2.75, 3.05) is 25.0 Å². The van der Waals surface area contributed by atoms with Gasteiger partial charge in [-0.15, -0.1) is 0 Å². The number of likely N-dealkylation sites (tertiary alicyclic amines) is 1. The van der Waals surface area contributed by atoms with Crippen LogP contribution in [0.15, 0.2) is 24.3 Å². The molecule has 2 aliphatic rings. The van der Waals surface area contributed by atoms with Crippen LogP contribution in [0, 0.1) is 11.8 Å². The molecule has 1 aromatic rings. The highest BCUT2D eigenvalue weighted by Crippen LogP contribution is 2.36. The van der Waals surface area contributed by atoms with E-state index in [1.54, 1.807) is 18.2 Å². The second-order valence-corrected chi connectivity index (χ2v) is 6.51. The maximum Gasteiger partial charge on any atom is 0.238 e. The van der Waals surface area contributed by atoms with Crippen molar-refractivity contribution in [3.63, 3.8) is 0 Å². The number of Topliss-reactive ketones (excluding diaryl/α,β-unsaturated/α-hetero) is 1. The van der Waals surface area contributed by atoms with E-state index in [2.05, 4.69) is 10.2 Å². The van der Waals surface area contributed by atoms with E-state index in [0.29, 0.717) is 29.6 Å². The summed E-state index contributed by atoms with van der Waals surface area (Å²) in [6.07, 6.45) is 2.29. The molecule has 2 fully saturated rings. The van der Waals surface area contributed by atoms with Gasteiger partial charge in [0.15, 0.2) is 5.78 Å². The van der Waals surface area contributed by atoms with Crippen molar-refractivity contribution < 1.29 is 9.59 Å². The molecule has 3 N–H and O–H groups in total. The molecule has 0 spiro atoms. The highest BCUT2D eigenvalue weighted by atomic mass is 16.2. The zero-order valence-electron chi connectivity index (χ0n) is 12.9. The first kappa shape index (κ1) is 15.2. The van der Waals surface area contributed by atoms with Gasteiger partial charge >= 0.3 is 0 Å². The SMILES string of the molecule is CC(=O)c1ccccc1NC(=O)CN1CC2CCC(N)C2C1. The van der Waals surface area contributed by atoms with Crippen LogP contribution in [0.2, 0.25) is 0 Å². The number of nitrogens with two attached hydrogens (primary N) is 1. The van der Waals surface area contributed by atoms with Gasteiger partial charge in [-0.1, -0.05) is 12.1 Å². The minimum atomic E-state index is -0.0674. The molecule has 1 aliphatic heterocycles. The van der Waals surface area contributed by atoms with Gasteiger partial charge in [-0.2, -0.15) is 0 Å². The lowest BCUT2D eigenvalue weighted by atomic mass is 9.98. The largest absolute Gasteiger partial charge is 0.327 e. The number of carbonyl (C=O) groups excluding carboxylic acids is 2. The van der Waals surface area contributed by atoms with Crippen LogP contribution < -0.4 is 11.1 Å². The van der Waals surface area contributed by atoms with Crippen molar-refractivity contribution in [2.24, 2.45) is 17.6 Å². The fourth-order valence-electron chi connectivity index (χ4n) is 3.82. The van der Waals surface area contributed by atoms with Crippen molar-refractivity contribution in [1.29, 1.82) is 0 Å². The van der Waals surface area contributed by atoms with E-state index < -0.39 is 0 Å². The molecule has 0 bridgehead atoms. The molecule has 118 valence electrons. The molecule has 3 atom stereocenters. The van der Waals surface area contributed by atoms with E-state index in [0.717, 1.165) is 19.5 Å². The Labute approximate surface area is 130 Å². The molecule has 3 rings (SSSR count). The monoisotopic (exact) mass is 301 g/mol. The lowest BCUT2D eigenvalue weighted by Crippen LogP contribution is -2.35. The van der Waals surface area contributed by atoms with Crippen LogP contribution in [0.1, 0.15) is 30.1 Å². The Balaban J connectivity index is 1.59. The predicted molar refractivity (Wildman–Crippen MR) is 85.7 cm³/mol.